The fourth-order valence-corrected chi connectivity index (χ4v) is 0. The Morgan fingerprint density at radius 3 is 0.714 bits per heavy atom. The van der Waals surface area contributed by atoms with Gasteiger partial charge in [-0.3, -0.25) is 0 Å². The zero-order chi connectivity index (χ0) is 3.58. The van der Waals surface area contributed by atoms with E-state index < -0.39 is 5.09 Å². The van der Waals surface area contributed by atoms with Crippen LogP contribution in [0.3, 0.4) is 0 Å². The molecule has 0 amide bonds. The van der Waals surface area contributed by atoms with Crippen LogP contribution in [-0.4, -0.2) is 59.6 Å². The Morgan fingerprint density at radius 1 is 0.714 bits per heavy atom. The Kier molecular flexibility index (Phi) is 7620. The van der Waals surface area contributed by atoms with Crippen molar-refractivity contribution < 1.29 is 76.4 Å². The van der Waals surface area contributed by atoms with Crippen LogP contribution in [0.1, 0.15) is 0 Å². The minimum atomic E-state index is -1.50. The number of rotatable bonds is 0. The summed E-state index contributed by atoms with van der Waals surface area (Å²) in [6.07, 6.45) is 0. The molecule has 0 aromatic rings. The van der Waals surface area contributed by atoms with Gasteiger partial charge in [-0.05, 0) is 0 Å². The van der Waals surface area contributed by atoms with Crippen LogP contribution < -0.4 is 0 Å². The maximum absolute atomic E-state index is 8.36. The molecular formula is H19CoNO12. The van der Waals surface area contributed by atoms with E-state index in [1.54, 1.807) is 0 Å². The van der Waals surface area contributed by atoms with Crippen LogP contribution in [0.2, 0.25) is 0 Å². The summed E-state index contributed by atoms with van der Waals surface area (Å²) in [4.78, 5) is 8.36. The third-order valence-electron chi connectivity index (χ3n) is 0. The van der Waals surface area contributed by atoms with Crippen molar-refractivity contribution in [1.82, 2.24) is 0 Å². The summed E-state index contributed by atoms with van der Waals surface area (Å²) in [7, 11) is 0. The smallest absolute Gasteiger partial charge is 0.291 e. The van der Waals surface area contributed by atoms with Crippen molar-refractivity contribution in [3.8, 4) is 0 Å². The van der Waals surface area contributed by atoms with E-state index in [9.17, 15) is 0 Å². The van der Waals surface area contributed by atoms with Gasteiger partial charge in [0.25, 0.3) is 5.09 Å². The summed E-state index contributed by atoms with van der Waals surface area (Å²) >= 11 is 0. The molecule has 0 saturated carbocycles. The molecule has 0 aliphatic rings. The van der Waals surface area contributed by atoms with Crippen LogP contribution >= 0.6 is 0 Å². The molecule has 0 saturated heterocycles. The largest absolute Gasteiger partial charge is 0.412 e. The van der Waals surface area contributed by atoms with E-state index in [0.717, 1.165) is 0 Å². The molecule has 0 spiro atoms. The zero-order valence-electron chi connectivity index (χ0n) is 6.54. The summed E-state index contributed by atoms with van der Waals surface area (Å²) in [5.41, 5.74) is 0. The SMILES string of the molecule is O.O.O.O.O.O.O.O.O.O=[N+]([O-])O.[Co]. The second-order valence-corrected chi connectivity index (χ2v) is 0.238. The first-order valence-corrected chi connectivity index (χ1v) is 0.565. The molecule has 0 aliphatic heterocycles. The third kappa shape index (κ3) is 2840. The van der Waals surface area contributed by atoms with E-state index in [1.807, 2.05) is 0 Å². The monoisotopic (exact) mass is 284 g/mol. The quantitative estimate of drug-likeness (QED) is 0.334. The molecule has 1 radical (unpaired) electrons. The Balaban J connectivity index is -0.000000001000. The van der Waals surface area contributed by atoms with Crippen molar-refractivity contribution >= 4 is 0 Å². The Labute approximate surface area is 87.4 Å². The molecule has 0 rings (SSSR count). The molecule has 105 valence electrons. The van der Waals surface area contributed by atoms with Gasteiger partial charge in [0.15, 0.2) is 0 Å². The van der Waals surface area contributed by atoms with Crippen molar-refractivity contribution in [1.29, 1.82) is 0 Å². The molecule has 14 heavy (non-hydrogen) atoms. The van der Waals surface area contributed by atoms with Gasteiger partial charge in [0.2, 0.25) is 0 Å². The summed E-state index contributed by atoms with van der Waals surface area (Å²) in [6.45, 7) is 0. The predicted octanol–water partition coefficient (Wildman–Crippen LogP) is -7.77. The summed E-state index contributed by atoms with van der Waals surface area (Å²) in [6, 6.07) is 0. The van der Waals surface area contributed by atoms with Gasteiger partial charge in [0.1, 0.15) is 0 Å². The Hall–Kier alpha value is -0.654. The van der Waals surface area contributed by atoms with E-state index in [2.05, 4.69) is 0 Å². The minimum absolute atomic E-state index is 0. The molecule has 0 aromatic carbocycles. The number of hydrogen-bond donors (Lipinski definition) is 1. The average Bonchev–Trinajstić information content (AvgIpc) is 0.811. The molecule has 0 heterocycles. The maximum Gasteiger partial charge on any atom is 0.291 e. The van der Waals surface area contributed by atoms with Gasteiger partial charge in [-0.25, -0.2) is 0 Å². The van der Waals surface area contributed by atoms with E-state index in [1.165, 1.54) is 0 Å². The standard InChI is InChI=1S/Co.HNO3.9H2O/c;2-1(3)4;;;;;;;;;/h;(H,2,3,4);9*1H2. The molecule has 0 aliphatic carbocycles. The van der Waals surface area contributed by atoms with Crippen LogP contribution in [0.5, 0.6) is 0 Å². The molecule has 0 bridgehead atoms. The van der Waals surface area contributed by atoms with Gasteiger partial charge in [-0.1, -0.05) is 0 Å². The first-order valence-electron chi connectivity index (χ1n) is 0.565. The van der Waals surface area contributed by atoms with Gasteiger partial charge >= 0.3 is 0 Å². The molecule has 19 N–H and O–H groups in total. The fraction of sp³-hybridized carbons (Fsp3) is 0. The number of hydrogen-bond acceptors (Lipinski definition) is 2. The first kappa shape index (κ1) is 370. The van der Waals surface area contributed by atoms with Crippen molar-refractivity contribution in [2.75, 3.05) is 0 Å². The molecule has 14 heteroatoms. The van der Waals surface area contributed by atoms with E-state index in [0.29, 0.717) is 0 Å². The Bertz CT molecular complexity index is 33.3. The van der Waals surface area contributed by atoms with Gasteiger partial charge in [0.05, 0.1) is 0 Å². The van der Waals surface area contributed by atoms with Gasteiger partial charge in [0, 0.05) is 16.8 Å². The maximum atomic E-state index is 8.36. The molecule has 0 aromatic heterocycles. The second-order valence-electron chi connectivity index (χ2n) is 0.238. The topological polar surface area (TPSA) is 347 Å². The van der Waals surface area contributed by atoms with Crippen LogP contribution in [0.15, 0.2) is 0 Å². The molecular weight excluding hydrogens is 265 g/mol. The van der Waals surface area contributed by atoms with Crippen LogP contribution in [0.25, 0.3) is 0 Å². The summed E-state index contributed by atoms with van der Waals surface area (Å²) in [5.74, 6) is 0. The van der Waals surface area contributed by atoms with Crippen molar-refractivity contribution in [2.45, 2.75) is 0 Å². The molecule has 13 nitrogen and oxygen atoms in total. The second kappa shape index (κ2) is 289. The molecule has 0 fully saturated rings. The van der Waals surface area contributed by atoms with Crippen molar-refractivity contribution in [2.24, 2.45) is 0 Å². The summed E-state index contributed by atoms with van der Waals surface area (Å²) in [5, 5.41) is 13.6. The van der Waals surface area contributed by atoms with Crippen molar-refractivity contribution in [3.63, 3.8) is 0 Å². The van der Waals surface area contributed by atoms with E-state index in [4.69, 9.17) is 15.3 Å². The van der Waals surface area contributed by atoms with Crippen LogP contribution in [0, 0.1) is 10.1 Å². The normalized spacial score (nSPS) is 1.71. The van der Waals surface area contributed by atoms with Gasteiger partial charge in [-0.15, -0.1) is 10.1 Å². The molecule has 0 unspecified atom stereocenters. The van der Waals surface area contributed by atoms with Gasteiger partial charge in [-0.2, -0.15) is 0 Å². The van der Waals surface area contributed by atoms with E-state index >= 15 is 0 Å². The number of nitrogens with zero attached hydrogens (tertiary/aromatic N) is 1. The first-order chi connectivity index (χ1) is 1.73. The van der Waals surface area contributed by atoms with Gasteiger partial charge < -0.3 is 54.5 Å². The molecule has 0 atom stereocenters. The van der Waals surface area contributed by atoms with Crippen LogP contribution in [0.4, 0.5) is 0 Å². The average molecular weight is 284 g/mol. The third-order valence-corrected chi connectivity index (χ3v) is 0. The Morgan fingerprint density at radius 2 is 0.714 bits per heavy atom. The minimum Gasteiger partial charge on any atom is -0.412 e. The zero-order valence-corrected chi connectivity index (χ0v) is 7.59. The fourth-order valence-electron chi connectivity index (χ4n) is 0. The summed E-state index contributed by atoms with van der Waals surface area (Å²) < 4.78 is 0. The predicted molar refractivity (Wildman–Crippen MR) is 41.3 cm³/mol. The van der Waals surface area contributed by atoms with Crippen molar-refractivity contribution in [3.05, 3.63) is 10.1 Å². The van der Waals surface area contributed by atoms with E-state index in [-0.39, 0.29) is 66.1 Å². The van der Waals surface area contributed by atoms with Crippen LogP contribution in [-0.2, 0) is 16.8 Å².